The second-order valence-electron chi connectivity index (χ2n) is 2.41. The highest BCUT2D eigenvalue weighted by Gasteiger charge is 2.06. The molecule has 0 aromatic rings. The first-order valence-corrected chi connectivity index (χ1v) is 4.12. The Hall–Kier alpha value is -0.920. The topological polar surface area (TPSA) is 24.1 Å². The second kappa shape index (κ2) is 4.06. The molecule has 0 saturated carbocycles. The fraction of sp³-hybridized carbons (Fsp3) is 0.444. The van der Waals surface area contributed by atoms with Crippen molar-refractivity contribution >= 4 is 0 Å². The van der Waals surface area contributed by atoms with E-state index in [4.69, 9.17) is 0 Å². The van der Waals surface area contributed by atoms with E-state index in [1.807, 2.05) is 0 Å². The molecule has 0 fully saturated rings. The lowest BCUT2D eigenvalue weighted by Crippen LogP contribution is -2.21. The maximum Gasteiger partial charge on any atom is 0.0538 e. The van der Waals surface area contributed by atoms with E-state index in [0.29, 0.717) is 0 Å². The first-order valence-electron chi connectivity index (χ1n) is 4.12. The van der Waals surface area contributed by atoms with Crippen molar-refractivity contribution in [2.75, 3.05) is 13.1 Å². The van der Waals surface area contributed by atoms with Crippen LogP contribution >= 0.6 is 0 Å². The van der Waals surface area contributed by atoms with Crippen LogP contribution in [0.3, 0.4) is 0 Å². The molecule has 0 aliphatic heterocycles. The monoisotopic (exact) mass is 151 g/mol. The van der Waals surface area contributed by atoms with Crippen molar-refractivity contribution in [3.05, 3.63) is 30.0 Å². The Bertz CT molecular complexity index is 160. The average molecular weight is 151 g/mol. The fourth-order valence-electron chi connectivity index (χ4n) is 1.11. The van der Waals surface area contributed by atoms with Gasteiger partial charge in [0.15, 0.2) is 0 Å². The van der Waals surface area contributed by atoms with Crippen LogP contribution in [0.15, 0.2) is 23.5 Å². The molecule has 2 nitrogen and oxygen atoms in total. The zero-order valence-corrected chi connectivity index (χ0v) is 7.15. The third-order valence-corrected chi connectivity index (χ3v) is 1.55. The van der Waals surface area contributed by atoms with Gasteiger partial charge < -0.3 is 10.6 Å². The normalized spacial score (nSPS) is 15.8. The second-order valence-corrected chi connectivity index (χ2v) is 2.41. The van der Waals surface area contributed by atoms with Gasteiger partial charge in [-0.15, -0.1) is 0 Å². The van der Waals surface area contributed by atoms with Gasteiger partial charge in [0.2, 0.25) is 0 Å². The summed E-state index contributed by atoms with van der Waals surface area (Å²) in [5.41, 5.74) is 2.41. The molecule has 0 unspecified atom stereocenters. The smallest absolute Gasteiger partial charge is 0.0538 e. The summed E-state index contributed by atoms with van der Waals surface area (Å²) in [4.78, 5) is 0. The lowest BCUT2D eigenvalue weighted by atomic mass is 10.3. The lowest BCUT2D eigenvalue weighted by Gasteiger charge is -2.10. The van der Waals surface area contributed by atoms with Gasteiger partial charge in [0.05, 0.1) is 11.4 Å². The van der Waals surface area contributed by atoms with Crippen LogP contribution in [0, 0.1) is 6.42 Å². The van der Waals surface area contributed by atoms with E-state index >= 15 is 0 Å². The highest BCUT2D eigenvalue weighted by atomic mass is 15.0. The molecule has 1 radical (unpaired) electrons. The summed E-state index contributed by atoms with van der Waals surface area (Å²) in [6.07, 6.45) is 6.22. The predicted molar refractivity (Wildman–Crippen MR) is 47.8 cm³/mol. The molecule has 0 heterocycles. The number of nitrogens with one attached hydrogen (secondary N) is 2. The van der Waals surface area contributed by atoms with Gasteiger partial charge in [-0.05, 0) is 13.8 Å². The Morgan fingerprint density at radius 2 is 1.45 bits per heavy atom. The van der Waals surface area contributed by atoms with E-state index in [1.54, 1.807) is 0 Å². The van der Waals surface area contributed by atoms with Gasteiger partial charge in [-0.3, -0.25) is 0 Å². The molecule has 1 aliphatic rings. The number of hydrogen-bond acceptors (Lipinski definition) is 2. The van der Waals surface area contributed by atoms with Crippen LogP contribution in [0.4, 0.5) is 0 Å². The van der Waals surface area contributed by atoms with E-state index in [0.717, 1.165) is 13.1 Å². The van der Waals surface area contributed by atoms with Crippen molar-refractivity contribution in [2.45, 2.75) is 13.8 Å². The number of likely N-dealkylation sites (N-methyl/N-ethyl adjacent to an activating group) is 2. The molecular weight excluding hydrogens is 136 g/mol. The van der Waals surface area contributed by atoms with Crippen LogP contribution in [-0.4, -0.2) is 13.1 Å². The van der Waals surface area contributed by atoms with E-state index in [2.05, 4.69) is 43.1 Å². The number of rotatable bonds is 4. The van der Waals surface area contributed by atoms with E-state index < -0.39 is 0 Å². The van der Waals surface area contributed by atoms with Crippen LogP contribution in [0.2, 0.25) is 0 Å². The lowest BCUT2D eigenvalue weighted by molar-refractivity contribution is 0.795. The molecule has 0 aromatic carbocycles. The zero-order valence-electron chi connectivity index (χ0n) is 7.15. The van der Waals surface area contributed by atoms with Crippen molar-refractivity contribution in [1.82, 2.24) is 10.6 Å². The summed E-state index contributed by atoms with van der Waals surface area (Å²) in [7, 11) is 0. The summed E-state index contributed by atoms with van der Waals surface area (Å²) < 4.78 is 0. The maximum absolute atomic E-state index is 3.28. The van der Waals surface area contributed by atoms with Crippen molar-refractivity contribution in [1.29, 1.82) is 0 Å². The Kier molecular flexibility index (Phi) is 3.02. The van der Waals surface area contributed by atoms with Crippen LogP contribution < -0.4 is 10.6 Å². The fourth-order valence-corrected chi connectivity index (χ4v) is 1.11. The van der Waals surface area contributed by atoms with Gasteiger partial charge >= 0.3 is 0 Å². The highest BCUT2D eigenvalue weighted by molar-refractivity contribution is 5.40. The number of hydrogen-bond donors (Lipinski definition) is 2. The van der Waals surface area contributed by atoms with Crippen LogP contribution in [-0.2, 0) is 0 Å². The van der Waals surface area contributed by atoms with Gasteiger partial charge in [0, 0.05) is 19.5 Å². The molecule has 0 aromatic heterocycles. The summed E-state index contributed by atoms with van der Waals surface area (Å²) in [5, 5.41) is 6.56. The molecule has 0 spiro atoms. The predicted octanol–water partition coefficient (Wildman–Crippen LogP) is 1.19. The first kappa shape index (κ1) is 8.18. The summed E-state index contributed by atoms with van der Waals surface area (Å²) in [6, 6.07) is 0. The Morgan fingerprint density at radius 1 is 1.00 bits per heavy atom. The van der Waals surface area contributed by atoms with Gasteiger partial charge in [0.25, 0.3) is 0 Å². The molecule has 61 valence electrons. The van der Waals surface area contributed by atoms with Crippen LogP contribution in [0.1, 0.15) is 13.8 Å². The van der Waals surface area contributed by atoms with Crippen molar-refractivity contribution in [3.63, 3.8) is 0 Å². The summed E-state index contributed by atoms with van der Waals surface area (Å²) in [6.45, 7) is 6.15. The maximum atomic E-state index is 3.28. The summed E-state index contributed by atoms with van der Waals surface area (Å²) in [5.74, 6) is 0. The quantitative estimate of drug-likeness (QED) is 0.630. The largest absolute Gasteiger partial charge is 0.384 e. The highest BCUT2D eigenvalue weighted by Crippen LogP contribution is 2.12. The van der Waals surface area contributed by atoms with Gasteiger partial charge in [0.1, 0.15) is 0 Å². The minimum atomic E-state index is 0.975. The number of allylic oxidation sites excluding steroid dienone is 2. The SMILES string of the molecule is CCNC1=C[CH]C=C1NCC. The van der Waals surface area contributed by atoms with Gasteiger partial charge in [-0.2, -0.15) is 0 Å². The van der Waals surface area contributed by atoms with E-state index in [-0.39, 0.29) is 0 Å². The molecule has 11 heavy (non-hydrogen) atoms. The standard InChI is InChI=1S/C9H15N2/c1-3-10-8-6-5-7-9(8)11-4-2/h5-7,10-11H,3-4H2,1-2H3. The molecule has 0 saturated heterocycles. The molecule has 0 atom stereocenters. The van der Waals surface area contributed by atoms with Gasteiger partial charge in [-0.1, -0.05) is 12.2 Å². The van der Waals surface area contributed by atoms with E-state index in [1.165, 1.54) is 11.4 Å². The third kappa shape index (κ3) is 2.00. The molecule has 0 bridgehead atoms. The Morgan fingerprint density at radius 3 is 1.82 bits per heavy atom. The average Bonchev–Trinajstić information content (AvgIpc) is 2.39. The molecule has 2 heteroatoms. The molecule has 2 N–H and O–H groups in total. The van der Waals surface area contributed by atoms with Crippen molar-refractivity contribution in [3.8, 4) is 0 Å². The van der Waals surface area contributed by atoms with E-state index in [9.17, 15) is 0 Å². The van der Waals surface area contributed by atoms with Crippen LogP contribution in [0.5, 0.6) is 0 Å². The molecule has 0 amide bonds. The minimum Gasteiger partial charge on any atom is -0.384 e. The molecule has 1 rings (SSSR count). The Balaban J connectivity index is 2.46. The first-order chi connectivity index (χ1) is 5.38. The molecule has 1 aliphatic carbocycles. The Labute approximate surface area is 68.4 Å². The van der Waals surface area contributed by atoms with Crippen LogP contribution in [0.25, 0.3) is 0 Å². The van der Waals surface area contributed by atoms with Crippen molar-refractivity contribution in [2.24, 2.45) is 0 Å². The molecular formula is C9H15N2. The van der Waals surface area contributed by atoms with Gasteiger partial charge in [-0.25, -0.2) is 0 Å². The minimum absolute atomic E-state index is 0.975. The zero-order chi connectivity index (χ0) is 8.10. The van der Waals surface area contributed by atoms with Crippen molar-refractivity contribution < 1.29 is 0 Å². The third-order valence-electron chi connectivity index (χ3n) is 1.55. The summed E-state index contributed by atoms with van der Waals surface area (Å²) >= 11 is 0.